The molecule has 0 radical (unpaired) electrons. The summed E-state index contributed by atoms with van der Waals surface area (Å²) in [4.78, 5) is 0. The number of aromatic hydroxyl groups is 1. The molecule has 31 heavy (non-hydrogen) atoms. The monoisotopic (exact) mass is 406 g/mol. The number of phenols is 1. The Kier molecular flexibility index (Phi) is 4.12. The predicted molar refractivity (Wildman–Crippen MR) is 121 cm³/mol. The molecule has 152 valence electrons. The van der Waals surface area contributed by atoms with Crippen LogP contribution in [0.3, 0.4) is 0 Å². The fraction of sp³-hybridized carbons (Fsp3) is 0.143. The molecule has 1 N–H and O–H groups in total. The van der Waals surface area contributed by atoms with Crippen molar-refractivity contribution in [3.63, 3.8) is 0 Å². The van der Waals surface area contributed by atoms with E-state index >= 15 is 0 Å². The molecule has 4 aromatic carbocycles. The van der Waals surface area contributed by atoms with Gasteiger partial charge >= 0.3 is 0 Å². The van der Waals surface area contributed by atoms with Gasteiger partial charge in [-0.25, -0.2) is 0 Å². The van der Waals surface area contributed by atoms with Crippen LogP contribution in [0.15, 0.2) is 97.1 Å². The zero-order chi connectivity index (χ0) is 20.8. The number of ether oxygens (including phenoxy) is 2. The molecular weight excluding hydrogens is 384 g/mol. The topological polar surface area (TPSA) is 42.0 Å². The Balaban J connectivity index is 1.57. The first-order chi connectivity index (χ1) is 15.3. The van der Waals surface area contributed by atoms with Crippen LogP contribution >= 0.6 is 0 Å². The molecule has 3 heteroatoms. The Hall–Kier alpha value is -3.56. The minimum atomic E-state index is -0.459. The van der Waals surface area contributed by atoms with E-state index in [0.29, 0.717) is 6.61 Å². The molecule has 1 saturated heterocycles. The lowest BCUT2D eigenvalue weighted by atomic mass is 9.68. The standard InChI is InChI=1S/C28H22O3/c29-21-13-9-19(10-14-21)28(20-11-15-22(16-12-20)30-17-23-18-31-23)26-7-3-1-5-24(26)25-6-2-4-8-27(25)28/h1-16,23,29H,17-18H2. The summed E-state index contributed by atoms with van der Waals surface area (Å²) >= 11 is 0. The predicted octanol–water partition coefficient (Wildman–Crippen LogP) is 5.53. The molecule has 2 aliphatic rings. The van der Waals surface area contributed by atoms with E-state index in [1.165, 1.54) is 27.8 Å². The summed E-state index contributed by atoms with van der Waals surface area (Å²) in [5.74, 6) is 1.11. The van der Waals surface area contributed by atoms with Crippen molar-refractivity contribution in [3.8, 4) is 22.6 Å². The second-order valence-electron chi connectivity index (χ2n) is 8.18. The van der Waals surface area contributed by atoms with Gasteiger partial charge in [0.05, 0.1) is 12.0 Å². The zero-order valence-electron chi connectivity index (χ0n) is 17.0. The molecule has 1 aliphatic carbocycles. The third-order valence-electron chi connectivity index (χ3n) is 6.38. The normalized spacial score (nSPS) is 17.6. The first-order valence-electron chi connectivity index (χ1n) is 10.6. The van der Waals surface area contributed by atoms with Crippen LogP contribution in [0.5, 0.6) is 11.5 Å². The summed E-state index contributed by atoms with van der Waals surface area (Å²) in [7, 11) is 0. The third-order valence-corrected chi connectivity index (χ3v) is 6.38. The lowest BCUT2D eigenvalue weighted by Crippen LogP contribution is -2.28. The van der Waals surface area contributed by atoms with Crippen LogP contribution in [-0.2, 0) is 10.2 Å². The van der Waals surface area contributed by atoms with Crippen molar-refractivity contribution < 1.29 is 14.6 Å². The molecular formula is C28H22O3. The quantitative estimate of drug-likeness (QED) is 0.390. The second-order valence-corrected chi connectivity index (χ2v) is 8.18. The van der Waals surface area contributed by atoms with Gasteiger partial charge in [0, 0.05) is 0 Å². The summed E-state index contributed by atoms with van der Waals surface area (Å²) in [6.07, 6.45) is 0.233. The van der Waals surface area contributed by atoms with Gasteiger partial charge in [-0.1, -0.05) is 72.8 Å². The molecule has 1 unspecified atom stereocenters. The lowest BCUT2D eigenvalue weighted by Gasteiger charge is -2.34. The number of hydrogen-bond acceptors (Lipinski definition) is 3. The van der Waals surface area contributed by atoms with Crippen LogP contribution in [0.25, 0.3) is 11.1 Å². The van der Waals surface area contributed by atoms with E-state index in [-0.39, 0.29) is 11.9 Å². The van der Waals surface area contributed by atoms with Gasteiger partial charge in [0.2, 0.25) is 0 Å². The Morgan fingerprint density at radius 3 is 1.81 bits per heavy atom. The molecule has 0 spiro atoms. The highest BCUT2D eigenvalue weighted by molar-refractivity contribution is 5.86. The number of fused-ring (bicyclic) bond motifs is 3. The Labute approximate surface area is 181 Å². The summed E-state index contributed by atoms with van der Waals surface area (Å²) in [6, 6.07) is 33.3. The molecule has 4 aromatic rings. The average Bonchev–Trinajstić information content (AvgIpc) is 3.61. The van der Waals surface area contributed by atoms with Gasteiger partial charge in [-0.05, 0) is 57.6 Å². The van der Waals surface area contributed by atoms with E-state index in [4.69, 9.17) is 9.47 Å². The Bertz CT molecular complexity index is 1190. The van der Waals surface area contributed by atoms with E-state index in [0.717, 1.165) is 17.9 Å². The molecule has 1 atom stereocenters. The highest BCUT2D eigenvalue weighted by Gasteiger charge is 2.45. The van der Waals surface area contributed by atoms with Gasteiger partial charge in [-0.2, -0.15) is 0 Å². The van der Waals surface area contributed by atoms with Crippen molar-refractivity contribution in [2.75, 3.05) is 13.2 Å². The van der Waals surface area contributed by atoms with E-state index < -0.39 is 5.41 Å². The molecule has 0 bridgehead atoms. The number of phenolic OH excluding ortho intramolecular Hbond substituents is 1. The van der Waals surface area contributed by atoms with Gasteiger partial charge in [0.15, 0.2) is 0 Å². The van der Waals surface area contributed by atoms with Crippen molar-refractivity contribution in [1.82, 2.24) is 0 Å². The van der Waals surface area contributed by atoms with Crippen LogP contribution in [0.2, 0.25) is 0 Å². The fourth-order valence-electron chi connectivity index (χ4n) is 4.89. The summed E-state index contributed by atoms with van der Waals surface area (Å²) in [6.45, 7) is 1.38. The van der Waals surface area contributed by atoms with E-state index in [1.54, 1.807) is 12.1 Å². The fourth-order valence-corrected chi connectivity index (χ4v) is 4.89. The number of hydrogen-bond donors (Lipinski definition) is 1. The van der Waals surface area contributed by atoms with E-state index in [1.807, 2.05) is 24.3 Å². The van der Waals surface area contributed by atoms with Gasteiger partial charge < -0.3 is 14.6 Å². The van der Waals surface area contributed by atoms with Gasteiger partial charge in [0.1, 0.15) is 24.2 Å². The van der Waals surface area contributed by atoms with Crippen LogP contribution < -0.4 is 4.74 Å². The van der Waals surface area contributed by atoms with Gasteiger partial charge in [0.25, 0.3) is 0 Å². The number of benzene rings is 4. The molecule has 0 saturated carbocycles. The highest BCUT2D eigenvalue weighted by atomic mass is 16.6. The van der Waals surface area contributed by atoms with Crippen molar-refractivity contribution in [3.05, 3.63) is 119 Å². The highest BCUT2D eigenvalue weighted by Crippen LogP contribution is 2.56. The molecule has 0 amide bonds. The largest absolute Gasteiger partial charge is 0.508 e. The lowest BCUT2D eigenvalue weighted by molar-refractivity contribution is 0.263. The first-order valence-corrected chi connectivity index (χ1v) is 10.6. The maximum atomic E-state index is 9.96. The second kappa shape index (κ2) is 7.00. The first kappa shape index (κ1) is 18.2. The van der Waals surface area contributed by atoms with Crippen LogP contribution in [-0.4, -0.2) is 24.4 Å². The zero-order valence-corrected chi connectivity index (χ0v) is 17.0. The molecule has 3 nitrogen and oxygen atoms in total. The SMILES string of the molecule is Oc1ccc(C2(c3ccc(OCC4CO4)cc3)c3ccccc3-c3ccccc32)cc1. The summed E-state index contributed by atoms with van der Waals surface area (Å²) in [5, 5.41) is 9.96. The number of rotatable bonds is 5. The minimum Gasteiger partial charge on any atom is -0.508 e. The van der Waals surface area contributed by atoms with Crippen LogP contribution in [0.4, 0.5) is 0 Å². The summed E-state index contributed by atoms with van der Waals surface area (Å²) < 4.78 is 11.1. The van der Waals surface area contributed by atoms with Crippen LogP contribution in [0, 0.1) is 0 Å². The summed E-state index contributed by atoms with van der Waals surface area (Å²) in [5.41, 5.74) is 6.84. The van der Waals surface area contributed by atoms with Crippen molar-refractivity contribution in [2.45, 2.75) is 11.5 Å². The van der Waals surface area contributed by atoms with Crippen LogP contribution in [0.1, 0.15) is 22.3 Å². The van der Waals surface area contributed by atoms with Crippen molar-refractivity contribution >= 4 is 0 Å². The van der Waals surface area contributed by atoms with Crippen molar-refractivity contribution in [1.29, 1.82) is 0 Å². The maximum absolute atomic E-state index is 9.96. The number of epoxide rings is 1. The van der Waals surface area contributed by atoms with E-state index in [2.05, 4.69) is 60.7 Å². The smallest absolute Gasteiger partial charge is 0.119 e. The molecule has 1 heterocycles. The van der Waals surface area contributed by atoms with E-state index in [9.17, 15) is 5.11 Å². The maximum Gasteiger partial charge on any atom is 0.119 e. The molecule has 1 aliphatic heterocycles. The average molecular weight is 406 g/mol. The molecule has 6 rings (SSSR count). The Morgan fingerprint density at radius 1 is 0.742 bits per heavy atom. The Morgan fingerprint density at radius 2 is 1.26 bits per heavy atom. The van der Waals surface area contributed by atoms with Crippen molar-refractivity contribution in [2.24, 2.45) is 0 Å². The van der Waals surface area contributed by atoms with Gasteiger partial charge in [-0.15, -0.1) is 0 Å². The molecule has 0 aromatic heterocycles. The third kappa shape index (κ3) is 2.85. The minimum absolute atomic E-state index is 0.233. The molecule has 1 fully saturated rings. The van der Waals surface area contributed by atoms with Gasteiger partial charge in [-0.3, -0.25) is 0 Å².